The number of ether oxygens (including phenoxy) is 2. The Morgan fingerprint density at radius 2 is 1.57 bits per heavy atom. The van der Waals surface area contributed by atoms with Crippen molar-refractivity contribution in [2.45, 2.75) is 27.2 Å². The van der Waals surface area contributed by atoms with E-state index >= 15 is 0 Å². The molecule has 160 valence electrons. The molecule has 0 spiro atoms. The molecule has 0 saturated heterocycles. The molecular weight excluding hydrogens is 431 g/mol. The summed E-state index contributed by atoms with van der Waals surface area (Å²) in [7, 11) is 2.66. The van der Waals surface area contributed by atoms with E-state index in [1.807, 2.05) is 13.8 Å². The molecule has 30 heavy (non-hydrogen) atoms. The lowest BCUT2D eigenvalue weighted by molar-refractivity contribution is 0.102. The van der Waals surface area contributed by atoms with Crippen molar-refractivity contribution in [3.8, 4) is 23.0 Å². The number of phenols is 2. The molecule has 0 fully saturated rings. The minimum atomic E-state index is -0.738. The Labute approximate surface area is 184 Å². The molecule has 0 atom stereocenters. The second-order valence-electron chi connectivity index (χ2n) is 6.81. The zero-order valence-corrected chi connectivity index (χ0v) is 18.7. The summed E-state index contributed by atoms with van der Waals surface area (Å²) in [6.45, 7) is 5.34. The Bertz CT molecular complexity index is 1020. The molecule has 0 saturated carbocycles. The fourth-order valence-corrected chi connectivity index (χ4v) is 3.66. The van der Waals surface area contributed by atoms with Gasteiger partial charge in [-0.15, -0.1) is 0 Å². The van der Waals surface area contributed by atoms with Gasteiger partial charge in [0.1, 0.15) is 17.1 Å². The van der Waals surface area contributed by atoms with E-state index in [0.717, 1.165) is 11.6 Å². The maximum absolute atomic E-state index is 13.7. The van der Waals surface area contributed by atoms with Crippen LogP contribution in [-0.2, 0) is 6.42 Å². The Morgan fingerprint density at radius 3 is 2.00 bits per heavy atom. The SMILES string of the molecule is COc1c(Cl)c(C)c(Cl)c(OC)c1C(=O)c1c(C=O)c(O)cc(O)c1CC=C(C)C. The number of rotatable bonds is 7. The predicted molar refractivity (Wildman–Crippen MR) is 116 cm³/mol. The molecule has 6 nitrogen and oxygen atoms in total. The quantitative estimate of drug-likeness (QED) is 0.337. The summed E-state index contributed by atoms with van der Waals surface area (Å²) < 4.78 is 10.7. The molecule has 0 aliphatic heterocycles. The highest BCUT2D eigenvalue weighted by molar-refractivity contribution is 6.39. The fraction of sp³-hybridized carbons (Fsp3) is 0.273. The highest BCUT2D eigenvalue weighted by Gasteiger charge is 2.32. The number of ketones is 1. The topological polar surface area (TPSA) is 93.1 Å². The minimum absolute atomic E-state index is 0.00765. The summed E-state index contributed by atoms with van der Waals surface area (Å²) in [6, 6.07) is 1.03. The Morgan fingerprint density at radius 1 is 1.03 bits per heavy atom. The number of benzene rings is 2. The molecule has 0 aliphatic rings. The largest absolute Gasteiger partial charge is 0.507 e. The monoisotopic (exact) mass is 452 g/mol. The molecule has 0 aliphatic carbocycles. The number of phenolic OH excluding ortho intramolecular Hbond substituents is 2. The average Bonchev–Trinajstić information content (AvgIpc) is 2.70. The van der Waals surface area contributed by atoms with Crippen molar-refractivity contribution in [3.05, 3.63) is 55.6 Å². The van der Waals surface area contributed by atoms with Crippen molar-refractivity contribution in [1.82, 2.24) is 0 Å². The molecule has 2 N–H and O–H groups in total. The van der Waals surface area contributed by atoms with Gasteiger partial charge < -0.3 is 19.7 Å². The van der Waals surface area contributed by atoms with Crippen molar-refractivity contribution in [3.63, 3.8) is 0 Å². The van der Waals surface area contributed by atoms with Crippen LogP contribution < -0.4 is 9.47 Å². The second kappa shape index (κ2) is 9.41. The molecule has 2 rings (SSSR count). The summed E-state index contributed by atoms with van der Waals surface area (Å²) in [4.78, 5) is 25.5. The van der Waals surface area contributed by atoms with Crippen molar-refractivity contribution in [2.75, 3.05) is 14.2 Å². The fourth-order valence-electron chi connectivity index (χ4n) is 3.08. The first-order valence-electron chi connectivity index (χ1n) is 8.91. The van der Waals surface area contributed by atoms with Crippen molar-refractivity contribution in [1.29, 1.82) is 0 Å². The number of carbonyl (C=O) groups excluding carboxylic acids is 2. The van der Waals surface area contributed by atoms with Gasteiger partial charge in [0.25, 0.3) is 0 Å². The molecule has 0 bridgehead atoms. The number of halogens is 2. The zero-order valence-electron chi connectivity index (χ0n) is 17.2. The third kappa shape index (κ3) is 4.11. The highest BCUT2D eigenvalue weighted by Crippen LogP contribution is 2.46. The minimum Gasteiger partial charge on any atom is -0.507 e. The van der Waals surface area contributed by atoms with E-state index in [1.165, 1.54) is 14.2 Å². The maximum Gasteiger partial charge on any atom is 0.201 e. The van der Waals surface area contributed by atoms with Gasteiger partial charge in [0, 0.05) is 17.2 Å². The van der Waals surface area contributed by atoms with Gasteiger partial charge in [0.15, 0.2) is 17.8 Å². The first-order valence-corrected chi connectivity index (χ1v) is 9.66. The Hall–Kier alpha value is -2.70. The molecule has 0 amide bonds. The van der Waals surface area contributed by atoms with Crippen LogP contribution in [0.25, 0.3) is 0 Å². The van der Waals surface area contributed by atoms with Gasteiger partial charge in [-0.1, -0.05) is 34.9 Å². The van der Waals surface area contributed by atoms with Crippen LogP contribution in [0.15, 0.2) is 17.7 Å². The van der Waals surface area contributed by atoms with Crippen LogP contribution >= 0.6 is 23.2 Å². The molecule has 0 heterocycles. The van der Waals surface area contributed by atoms with Gasteiger partial charge in [0.05, 0.1) is 29.8 Å². The molecule has 0 unspecified atom stereocenters. The molecular formula is C22H22Cl2O6. The third-order valence-electron chi connectivity index (χ3n) is 4.64. The first-order chi connectivity index (χ1) is 14.1. The van der Waals surface area contributed by atoms with E-state index in [-0.39, 0.29) is 56.0 Å². The molecule has 0 radical (unpaired) electrons. The third-order valence-corrected chi connectivity index (χ3v) is 5.55. The van der Waals surface area contributed by atoms with Gasteiger partial charge in [0.2, 0.25) is 5.78 Å². The van der Waals surface area contributed by atoms with Crippen molar-refractivity contribution < 1.29 is 29.3 Å². The van der Waals surface area contributed by atoms with E-state index in [4.69, 9.17) is 32.7 Å². The zero-order chi connectivity index (χ0) is 22.7. The summed E-state index contributed by atoms with van der Waals surface area (Å²) in [6.07, 6.45) is 2.28. The van der Waals surface area contributed by atoms with Gasteiger partial charge >= 0.3 is 0 Å². The summed E-state index contributed by atoms with van der Waals surface area (Å²) in [5, 5.41) is 20.8. The van der Waals surface area contributed by atoms with Crippen LogP contribution in [0, 0.1) is 6.92 Å². The van der Waals surface area contributed by atoms with Crippen LogP contribution in [0.3, 0.4) is 0 Å². The van der Waals surface area contributed by atoms with Crippen LogP contribution in [0.5, 0.6) is 23.0 Å². The lowest BCUT2D eigenvalue weighted by atomic mass is 9.89. The lowest BCUT2D eigenvalue weighted by Crippen LogP contribution is -2.13. The highest BCUT2D eigenvalue weighted by atomic mass is 35.5. The molecule has 2 aromatic carbocycles. The van der Waals surface area contributed by atoms with Crippen LogP contribution in [0.1, 0.15) is 51.3 Å². The average molecular weight is 453 g/mol. The van der Waals surface area contributed by atoms with E-state index in [1.54, 1.807) is 13.0 Å². The number of aromatic hydroxyl groups is 2. The Kier molecular flexibility index (Phi) is 7.39. The Balaban J connectivity index is 2.97. The van der Waals surface area contributed by atoms with Crippen LogP contribution in [0.4, 0.5) is 0 Å². The van der Waals surface area contributed by atoms with Crippen LogP contribution in [0.2, 0.25) is 10.0 Å². The number of carbonyl (C=O) groups is 2. The van der Waals surface area contributed by atoms with Crippen molar-refractivity contribution >= 4 is 35.3 Å². The van der Waals surface area contributed by atoms with Gasteiger partial charge in [-0.3, -0.25) is 9.59 Å². The first kappa shape index (κ1) is 23.6. The predicted octanol–water partition coefficient (Wildman–Crippen LogP) is 5.28. The molecule has 2 aromatic rings. The maximum atomic E-state index is 13.7. The van der Waals surface area contributed by atoms with E-state index in [9.17, 15) is 19.8 Å². The van der Waals surface area contributed by atoms with Crippen LogP contribution in [-0.4, -0.2) is 36.5 Å². The van der Waals surface area contributed by atoms with E-state index in [0.29, 0.717) is 11.8 Å². The van der Waals surface area contributed by atoms with Crippen molar-refractivity contribution in [2.24, 2.45) is 0 Å². The number of hydrogen-bond acceptors (Lipinski definition) is 6. The molecule has 8 heteroatoms. The van der Waals surface area contributed by atoms with Gasteiger partial charge in [-0.05, 0) is 32.8 Å². The summed E-state index contributed by atoms with van der Waals surface area (Å²) in [5.41, 5.74) is 0.970. The number of allylic oxidation sites excluding steroid dienone is 2. The normalized spacial score (nSPS) is 10.5. The summed E-state index contributed by atoms with van der Waals surface area (Å²) in [5.74, 6) is -1.59. The van der Waals surface area contributed by atoms with E-state index in [2.05, 4.69) is 0 Å². The molecule has 0 aromatic heterocycles. The lowest BCUT2D eigenvalue weighted by Gasteiger charge is -2.20. The smallest absolute Gasteiger partial charge is 0.201 e. The van der Waals surface area contributed by atoms with Gasteiger partial charge in [-0.2, -0.15) is 0 Å². The van der Waals surface area contributed by atoms with E-state index < -0.39 is 11.5 Å². The standard InChI is InChI=1S/C22H22Cl2O6/c1-10(2)6-7-12-14(26)8-15(27)13(9-25)16(12)20(28)17-21(29-4)18(23)11(3)19(24)22(17)30-5/h6,8-9,26-27H,7H2,1-5H3. The summed E-state index contributed by atoms with van der Waals surface area (Å²) >= 11 is 12.7. The number of methoxy groups -OCH3 is 2. The van der Waals surface area contributed by atoms with Gasteiger partial charge in [-0.25, -0.2) is 0 Å². The second-order valence-corrected chi connectivity index (χ2v) is 7.57. The number of aldehydes is 1. The number of hydrogen-bond donors (Lipinski definition) is 2.